The molecule has 0 aliphatic carbocycles. The highest BCUT2D eigenvalue weighted by Crippen LogP contribution is 2.30. The van der Waals surface area contributed by atoms with E-state index < -0.39 is 11.9 Å². The number of para-hydroxylation sites is 1. The Hall–Kier alpha value is -1.03. The molecule has 0 radical (unpaired) electrons. The average Bonchev–Trinajstić information content (AvgIpc) is 2.18. The molecule has 0 saturated heterocycles. The summed E-state index contributed by atoms with van der Waals surface area (Å²) in [6, 6.07) is 5.62. The van der Waals surface area contributed by atoms with Gasteiger partial charge in [0.1, 0.15) is 5.75 Å². The minimum atomic E-state index is -0.794. The molecule has 0 heterocycles. The normalized spacial score (nSPS) is 12.2. The van der Waals surface area contributed by atoms with E-state index in [1.807, 2.05) is 18.2 Å². The molecule has 1 aromatic carbocycles. The predicted octanol–water partition coefficient (Wildman–Crippen LogP) is 2.72. The van der Waals surface area contributed by atoms with E-state index in [2.05, 4.69) is 15.9 Å². The molecule has 0 saturated carbocycles. The van der Waals surface area contributed by atoms with Crippen molar-refractivity contribution in [3.8, 4) is 5.75 Å². The van der Waals surface area contributed by atoms with Crippen molar-refractivity contribution in [1.29, 1.82) is 0 Å². The zero-order valence-corrected chi connectivity index (χ0v) is 10.2. The van der Waals surface area contributed by atoms with E-state index in [0.29, 0.717) is 12.2 Å². The first-order chi connectivity index (χ1) is 7.06. The van der Waals surface area contributed by atoms with Gasteiger partial charge in [-0.1, -0.05) is 19.1 Å². The van der Waals surface area contributed by atoms with Crippen molar-refractivity contribution in [2.24, 2.45) is 5.92 Å². The van der Waals surface area contributed by atoms with Gasteiger partial charge in [0.25, 0.3) is 0 Å². The topological polar surface area (TPSA) is 46.5 Å². The molecule has 15 heavy (non-hydrogen) atoms. The number of methoxy groups -OCH3 is 1. The summed E-state index contributed by atoms with van der Waals surface area (Å²) < 4.78 is 6.06. The van der Waals surface area contributed by atoms with Gasteiger partial charge in [0.2, 0.25) is 0 Å². The van der Waals surface area contributed by atoms with E-state index in [0.717, 1.165) is 10.0 Å². The van der Waals surface area contributed by atoms with Crippen LogP contribution < -0.4 is 4.74 Å². The molecule has 82 valence electrons. The van der Waals surface area contributed by atoms with Crippen LogP contribution >= 0.6 is 15.9 Å². The second-order valence-electron chi connectivity index (χ2n) is 3.38. The number of rotatable bonds is 4. The third-order valence-corrected chi connectivity index (χ3v) is 2.82. The third kappa shape index (κ3) is 2.96. The van der Waals surface area contributed by atoms with Crippen LogP contribution in [0.4, 0.5) is 0 Å². The fraction of sp³-hybridized carbons (Fsp3) is 0.364. The van der Waals surface area contributed by atoms with Crippen molar-refractivity contribution in [1.82, 2.24) is 0 Å². The summed E-state index contributed by atoms with van der Waals surface area (Å²) in [6.45, 7) is 1.68. The summed E-state index contributed by atoms with van der Waals surface area (Å²) in [5, 5.41) is 8.82. The molecule has 0 aliphatic rings. The molecule has 1 N–H and O–H groups in total. The summed E-state index contributed by atoms with van der Waals surface area (Å²) in [6.07, 6.45) is 0.470. The number of hydrogen-bond donors (Lipinski definition) is 1. The third-order valence-electron chi connectivity index (χ3n) is 2.20. The largest absolute Gasteiger partial charge is 0.495 e. The summed E-state index contributed by atoms with van der Waals surface area (Å²) in [5.41, 5.74) is 0.904. The van der Waals surface area contributed by atoms with Crippen molar-refractivity contribution in [2.75, 3.05) is 7.11 Å². The highest BCUT2D eigenvalue weighted by Gasteiger charge is 2.15. The maximum absolute atomic E-state index is 10.7. The average molecular weight is 273 g/mol. The fourth-order valence-corrected chi connectivity index (χ4v) is 1.93. The van der Waals surface area contributed by atoms with Gasteiger partial charge in [0.05, 0.1) is 17.5 Å². The molecular weight excluding hydrogens is 260 g/mol. The highest BCUT2D eigenvalue weighted by atomic mass is 79.9. The molecule has 0 aromatic heterocycles. The molecule has 1 atom stereocenters. The summed E-state index contributed by atoms with van der Waals surface area (Å²) in [4.78, 5) is 10.7. The first-order valence-corrected chi connectivity index (χ1v) is 5.39. The van der Waals surface area contributed by atoms with Gasteiger partial charge in [0.15, 0.2) is 0 Å². The number of hydrogen-bond acceptors (Lipinski definition) is 2. The van der Waals surface area contributed by atoms with E-state index >= 15 is 0 Å². The predicted molar refractivity (Wildman–Crippen MR) is 61.2 cm³/mol. The van der Waals surface area contributed by atoms with E-state index in [9.17, 15) is 4.79 Å². The lowest BCUT2D eigenvalue weighted by Gasteiger charge is -2.12. The molecule has 1 unspecified atom stereocenters. The monoisotopic (exact) mass is 272 g/mol. The summed E-state index contributed by atoms with van der Waals surface area (Å²) >= 11 is 3.36. The van der Waals surface area contributed by atoms with E-state index in [-0.39, 0.29) is 0 Å². The standard InChI is InChI=1S/C11H13BrO3/c1-7(11(13)14)6-8-4-3-5-9(12)10(8)15-2/h3-5,7H,6H2,1-2H3,(H,13,14). The second kappa shape index (κ2) is 5.16. The van der Waals surface area contributed by atoms with Gasteiger partial charge in [-0.25, -0.2) is 0 Å². The Morgan fingerprint density at radius 3 is 2.80 bits per heavy atom. The molecule has 3 nitrogen and oxygen atoms in total. The molecule has 1 aromatic rings. The number of benzene rings is 1. The second-order valence-corrected chi connectivity index (χ2v) is 4.23. The van der Waals surface area contributed by atoms with Crippen LogP contribution in [0.25, 0.3) is 0 Å². The van der Waals surface area contributed by atoms with Gasteiger partial charge < -0.3 is 9.84 Å². The van der Waals surface area contributed by atoms with E-state index in [4.69, 9.17) is 9.84 Å². The minimum Gasteiger partial charge on any atom is -0.495 e. The molecular formula is C11H13BrO3. The smallest absolute Gasteiger partial charge is 0.306 e. The van der Waals surface area contributed by atoms with Crippen molar-refractivity contribution in [3.05, 3.63) is 28.2 Å². The first kappa shape index (κ1) is 12.0. The number of carbonyl (C=O) groups is 1. The zero-order chi connectivity index (χ0) is 11.4. The first-order valence-electron chi connectivity index (χ1n) is 4.60. The Kier molecular flexibility index (Phi) is 4.15. The van der Waals surface area contributed by atoms with Crippen LogP contribution in [0.1, 0.15) is 12.5 Å². The fourth-order valence-electron chi connectivity index (χ4n) is 1.36. The van der Waals surface area contributed by atoms with E-state index in [1.54, 1.807) is 14.0 Å². The van der Waals surface area contributed by atoms with Crippen LogP contribution in [-0.4, -0.2) is 18.2 Å². The van der Waals surface area contributed by atoms with Gasteiger partial charge >= 0.3 is 5.97 Å². The van der Waals surface area contributed by atoms with Crippen LogP contribution in [0.2, 0.25) is 0 Å². The Balaban J connectivity index is 2.94. The van der Waals surface area contributed by atoms with E-state index in [1.165, 1.54) is 0 Å². The summed E-state index contributed by atoms with van der Waals surface area (Å²) in [5.74, 6) is -0.490. The molecule has 0 amide bonds. The van der Waals surface area contributed by atoms with Gasteiger partial charge in [-0.2, -0.15) is 0 Å². The molecule has 0 bridgehead atoms. The highest BCUT2D eigenvalue weighted by molar-refractivity contribution is 9.10. The molecule has 0 spiro atoms. The molecule has 4 heteroatoms. The van der Waals surface area contributed by atoms with Crippen molar-refractivity contribution in [2.45, 2.75) is 13.3 Å². The number of carboxylic acids is 1. The van der Waals surface area contributed by atoms with Crippen molar-refractivity contribution >= 4 is 21.9 Å². The lowest BCUT2D eigenvalue weighted by Crippen LogP contribution is -2.12. The van der Waals surface area contributed by atoms with Crippen LogP contribution in [0.5, 0.6) is 5.75 Å². The zero-order valence-electron chi connectivity index (χ0n) is 8.66. The Morgan fingerprint density at radius 1 is 1.60 bits per heavy atom. The minimum absolute atomic E-state index is 0.409. The lowest BCUT2D eigenvalue weighted by molar-refractivity contribution is -0.141. The van der Waals surface area contributed by atoms with Crippen LogP contribution in [0, 0.1) is 5.92 Å². The van der Waals surface area contributed by atoms with Crippen LogP contribution in [-0.2, 0) is 11.2 Å². The lowest BCUT2D eigenvalue weighted by atomic mass is 10.0. The molecule has 1 rings (SSSR count). The van der Waals surface area contributed by atoms with Gasteiger partial charge in [-0.15, -0.1) is 0 Å². The number of ether oxygens (including phenoxy) is 1. The van der Waals surface area contributed by atoms with Crippen molar-refractivity contribution in [3.63, 3.8) is 0 Å². The number of halogens is 1. The quantitative estimate of drug-likeness (QED) is 0.917. The Bertz CT molecular complexity index is 363. The van der Waals surface area contributed by atoms with Crippen molar-refractivity contribution < 1.29 is 14.6 Å². The number of aliphatic carboxylic acids is 1. The Labute approximate surface area is 97.2 Å². The maximum Gasteiger partial charge on any atom is 0.306 e. The molecule has 0 aliphatic heterocycles. The van der Waals surface area contributed by atoms with Gasteiger partial charge in [0, 0.05) is 0 Å². The maximum atomic E-state index is 10.7. The van der Waals surface area contributed by atoms with Crippen LogP contribution in [0.15, 0.2) is 22.7 Å². The Morgan fingerprint density at radius 2 is 2.27 bits per heavy atom. The number of carboxylic acid groups (broad SMARTS) is 1. The van der Waals surface area contributed by atoms with Gasteiger partial charge in [-0.3, -0.25) is 4.79 Å². The van der Waals surface area contributed by atoms with Gasteiger partial charge in [-0.05, 0) is 34.0 Å². The molecule has 0 fully saturated rings. The summed E-state index contributed by atoms with van der Waals surface area (Å²) in [7, 11) is 1.58. The SMILES string of the molecule is COc1c(Br)cccc1CC(C)C(=O)O. The van der Waals surface area contributed by atoms with Crippen LogP contribution in [0.3, 0.4) is 0 Å².